The molecule has 27 heavy (non-hydrogen) atoms. The monoisotopic (exact) mass is 370 g/mol. The van der Waals surface area contributed by atoms with Gasteiger partial charge in [-0.3, -0.25) is 4.79 Å². The summed E-state index contributed by atoms with van der Waals surface area (Å²) in [6, 6.07) is 4.75. The number of allylic oxidation sites excluding steroid dienone is 1. The Kier molecular flexibility index (Phi) is 5.26. The third kappa shape index (κ3) is 3.56. The molecule has 6 heteroatoms. The molecule has 0 amide bonds. The normalized spacial score (nSPS) is 14.1. The second kappa shape index (κ2) is 7.61. The maximum atomic E-state index is 12.0. The van der Waals surface area contributed by atoms with Crippen LogP contribution in [0.1, 0.15) is 30.4 Å². The number of aryl methyl sites for hydroxylation is 1. The van der Waals surface area contributed by atoms with Crippen molar-refractivity contribution < 1.29 is 29.6 Å². The third-order valence-electron chi connectivity index (χ3n) is 4.68. The summed E-state index contributed by atoms with van der Waals surface area (Å²) >= 11 is 0. The van der Waals surface area contributed by atoms with Gasteiger partial charge in [-0.1, -0.05) is 6.08 Å². The summed E-state index contributed by atoms with van der Waals surface area (Å²) in [6.07, 6.45) is 5.39. The largest absolute Gasteiger partial charge is 0.504 e. The van der Waals surface area contributed by atoms with Crippen molar-refractivity contribution in [3.8, 4) is 39.9 Å². The highest BCUT2D eigenvalue weighted by Gasteiger charge is 2.23. The highest BCUT2D eigenvalue weighted by molar-refractivity contribution is 5.94. The Bertz CT molecular complexity index is 914. The third-order valence-corrected chi connectivity index (χ3v) is 4.68. The number of carbonyl (C=O) groups is 1. The minimum Gasteiger partial charge on any atom is -0.504 e. The first-order valence-corrected chi connectivity index (χ1v) is 8.70. The SMILES string of the molecule is COc1c2cc(c(O)c1OC)CCCCC(=O)C=Cc1cc(O)c(O)c-2c1. The van der Waals surface area contributed by atoms with Gasteiger partial charge in [0.05, 0.1) is 14.2 Å². The van der Waals surface area contributed by atoms with E-state index in [2.05, 4.69) is 0 Å². The van der Waals surface area contributed by atoms with Gasteiger partial charge in [0.25, 0.3) is 0 Å². The van der Waals surface area contributed by atoms with Gasteiger partial charge in [-0.25, -0.2) is 0 Å². The first-order chi connectivity index (χ1) is 13.0. The molecule has 0 aliphatic heterocycles. The van der Waals surface area contributed by atoms with Crippen molar-refractivity contribution in [2.45, 2.75) is 25.7 Å². The summed E-state index contributed by atoms with van der Waals surface area (Å²) in [7, 11) is 2.86. The molecular weight excluding hydrogens is 348 g/mol. The zero-order chi connectivity index (χ0) is 19.6. The Balaban J connectivity index is 2.34. The molecule has 0 heterocycles. The Labute approximate surface area is 157 Å². The molecule has 0 spiro atoms. The highest BCUT2D eigenvalue weighted by Crippen LogP contribution is 2.50. The van der Waals surface area contributed by atoms with E-state index in [1.54, 1.807) is 18.2 Å². The molecule has 2 aromatic carbocycles. The predicted octanol–water partition coefficient (Wildman–Crippen LogP) is 3.80. The lowest BCUT2D eigenvalue weighted by Crippen LogP contribution is -1.99. The van der Waals surface area contributed by atoms with Crippen LogP contribution in [0, 0.1) is 0 Å². The molecule has 0 atom stereocenters. The van der Waals surface area contributed by atoms with Crippen LogP contribution in [0.4, 0.5) is 0 Å². The summed E-state index contributed by atoms with van der Waals surface area (Å²) in [5.41, 5.74) is 1.98. The van der Waals surface area contributed by atoms with Crippen LogP contribution in [0.25, 0.3) is 17.2 Å². The van der Waals surface area contributed by atoms with E-state index in [-0.39, 0.29) is 34.5 Å². The molecule has 4 bridgehead atoms. The van der Waals surface area contributed by atoms with Crippen LogP contribution in [0.3, 0.4) is 0 Å². The van der Waals surface area contributed by atoms with E-state index >= 15 is 0 Å². The van der Waals surface area contributed by atoms with Crippen molar-refractivity contribution in [3.63, 3.8) is 0 Å². The van der Waals surface area contributed by atoms with Crippen LogP contribution < -0.4 is 9.47 Å². The number of hydrogen-bond acceptors (Lipinski definition) is 6. The minimum absolute atomic E-state index is 0.0190. The summed E-state index contributed by atoms with van der Waals surface area (Å²) in [5, 5.41) is 31.2. The van der Waals surface area contributed by atoms with E-state index in [0.717, 1.165) is 0 Å². The van der Waals surface area contributed by atoms with Gasteiger partial charge in [0.2, 0.25) is 5.75 Å². The average molecular weight is 370 g/mol. The predicted molar refractivity (Wildman–Crippen MR) is 102 cm³/mol. The number of methoxy groups -OCH3 is 2. The van der Waals surface area contributed by atoms with E-state index < -0.39 is 0 Å². The lowest BCUT2D eigenvalue weighted by molar-refractivity contribution is -0.114. The molecule has 1 aliphatic carbocycles. The molecule has 2 aromatic rings. The molecule has 0 saturated heterocycles. The maximum Gasteiger partial charge on any atom is 0.203 e. The smallest absolute Gasteiger partial charge is 0.203 e. The highest BCUT2D eigenvalue weighted by atomic mass is 16.5. The summed E-state index contributed by atoms with van der Waals surface area (Å²) in [6.45, 7) is 0. The molecule has 0 aromatic heterocycles. The van der Waals surface area contributed by atoms with Gasteiger partial charge < -0.3 is 24.8 Å². The molecular formula is C21H22O6. The van der Waals surface area contributed by atoms with Crippen molar-refractivity contribution in [1.29, 1.82) is 0 Å². The van der Waals surface area contributed by atoms with Gasteiger partial charge in [0.15, 0.2) is 28.8 Å². The molecule has 0 radical (unpaired) electrons. The van der Waals surface area contributed by atoms with Crippen LogP contribution in [-0.4, -0.2) is 35.3 Å². The fourth-order valence-corrected chi connectivity index (χ4v) is 3.30. The number of phenols is 3. The number of aromatic hydroxyl groups is 3. The van der Waals surface area contributed by atoms with Crippen molar-refractivity contribution in [2.75, 3.05) is 14.2 Å². The summed E-state index contributed by atoms with van der Waals surface area (Å²) < 4.78 is 10.8. The first kappa shape index (κ1) is 18.6. The zero-order valence-electron chi connectivity index (χ0n) is 15.3. The number of rotatable bonds is 2. The second-order valence-electron chi connectivity index (χ2n) is 6.44. The Hall–Kier alpha value is -3.15. The molecule has 142 valence electrons. The van der Waals surface area contributed by atoms with Gasteiger partial charge >= 0.3 is 0 Å². The van der Waals surface area contributed by atoms with Crippen molar-refractivity contribution in [2.24, 2.45) is 0 Å². The topological polar surface area (TPSA) is 96.2 Å². The number of phenolic OH excluding ortho intramolecular Hbond substituents is 3. The Morgan fingerprint density at radius 2 is 1.52 bits per heavy atom. The van der Waals surface area contributed by atoms with Gasteiger partial charge in [-0.05, 0) is 54.7 Å². The maximum absolute atomic E-state index is 12.0. The number of benzene rings is 2. The number of hydrogen-bond donors (Lipinski definition) is 3. The number of fused-ring (bicyclic) bond motifs is 5. The molecule has 0 unspecified atom stereocenters. The van der Waals surface area contributed by atoms with Gasteiger partial charge in [0, 0.05) is 17.5 Å². The number of carbonyl (C=O) groups excluding carboxylic acids is 1. The average Bonchev–Trinajstić information content (AvgIpc) is 2.66. The number of ether oxygens (including phenoxy) is 2. The quantitative estimate of drug-likeness (QED) is 0.696. The van der Waals surface area contributed by atoms with E-state index in [0.29, 0.717) is 47.9 Å². The van der Waals surface area contributed by atoms with Gasteiger partial charge in [0.1, 0.15) is 0 Å². The van der Waals surface area contributed by atoms with E-state index in [9.17, 15) is 20.1 Å². The molecule has 0 fully saturated rings. The molecule has 3 N–H and O–H groups in total. The lowest BCUT2D eigenvalue weighted by atomic mass is 9.95. The van der Waals surface area contributed by atoms with Crippen LogP contribution in [0.2, 0.25) is 0 Å². The summed E-state index contributed by atoms with van der Waals surface area (Å²) in [5.74, 6) is -0.265. The zero-order valence-corrected chi connectivity index (χ0v) is 15.3. The van der Waals surface area contributed by atoms with E-state index in [1.807, 2.05) is 0 Å². The molecule has 0 saturated carbocycles. The fourth-order valence-electron chi connectivity index (χ4n) is 3.30. The Morgan fingerprint density at radius 3 is 2.22 bits per heavy atom. The molecule has 3 rings (SSSR count). The molecule has 6 nitrogen and oxygen atoms in total. The van der Waals surface area contributed by atoms with Gasteiger partial charge in [-0.2, -0.15) is 0 Å². The second-order valence-corrected chi connectivity index (χ2v) is 6.44. The number of ketones is 1. The fraction of sp³-hybridized carbons (Fsp3) is 0.286. The Morgan fingerprint density at radius 1 is 0.815 bits per heavy atom. The lowest BCUT2D eigenvalue weighted by Gasteiger charge is -2.18. The minimum atomic E-state index is -0.315. The van der Waals surface area contributed by atoms with E-state index in [1.165, 1.54) is 26.4 Å². The van der Waals surface area contributed by atoms with E-state index in [4.69, 9.17) is 9.47 Å². The van der Waals surface area contributed by atoms with Crippen molar-refractivity contribution >= 4 is 11.9 Å². The van der Waals surface area contributed by atoms with Crippen LogP contribution in [-0.2, 0) is 11.2 Å². The van der Waals surface area contributed by atoms with Crippen LogP contribution in [0.5, 0.6) is 28.7 Å². The summed E-state index contributed by atoms with van der Waals surface area (Å²) in [4.78, 5) is 12.0. The molecule has 1 aliphatic rings. The van der Waals surface area contributed by atoms with Crippen molar-refractivity contribution in [3.05, 3.63) is 35.4 Å². The standard InChI is InChI=1S/C21H22O6/c1-26-20-16-11-13(18(24)21(20)27-2)5-3-4-6-14(22)8-7-12-9-15(16)19(25)17(23)10-12/h7-11,23-25H,3-6H2,1-2H3. The van der Waals surface area contributed by atoms with Gasteiger partial charge in [-0.15, -0.1) is 0 Å². The van der Waals surface area contributed by atoms with Crippen LogP contribution in [0.15, 0.2) is 24.3 Å². The van der Waals surface area contributed by atoms with Crippen molar-refractivity contribution in [1.82, 2.24) is 0 Å². The first-order valence-electron chi connectivity index (χ1n) is 8.70. The van der Waals surface area contributed by atoms with Crippen LogP contribution >= 0.6 is 0 Å².